The Morgan fingerprint density at radius 1 is 1.37 bits per heavy atom. The van der Waals surface area contributed by atoms with Crippen LogP contribution < -0.4 is 10.0 Å². The highest BCUT2D eigenvalue weighted by Crippen LogP contribution is 2.17. The second kappa shape index (κ2) is 6.03. The van der Waals surface area contributed by atoms with Gasteiger partial charge in [-0.2, -0.15) is 0 Å². The normalized spacial score (nSPS) is 20.4. The fourth-order valence-corrected chi connectivity index (χ4v) is 3.84. The van der Waals surface area contributed by atoms with Gasteiger partial charge in [0.2, 0.25) is 10.0 Å². The van der Waals surface area contributed by atoms with Crippen LogP contribution in [0.3, 0.4) is 0 Å². The zero-order chi connectivity index (χ0) is 13.9. The molecule has 0 radical (unpaired) electrons. The Hall–Kier alpha value is -0.910. The Morgan fingerprint density at radius 3 is 2.79 bits per heavy atom. The summed E-state index contributed by atoms with van der Waals surface area (Å²) in [5, 5.41) is 3.29. The minimum atomic E-state index is -3.38. The summed E-state index contributed by atoms with van der Waals surface area (Å²) in [5.41, 5.74) is 1.88. The van der Waals surface area contributed by atoms with Crippen LogP contribution in [0.15, 0.2) is 23.1 Å². The van der Waals surface area contributed by atoms with Gasteiger partial charge in [-0.15, -0.1) is 0 Å². The van der Waals surface area contributed by atoms with Crippen molar-refractivity contribution < 1.29 is 8.42 Å². The van der Waals surface area contributed by atoms with Crippen LogP contribution in [0.4, 0.5) is 0 Å². The van der Waals surface area contributed by atoms with Crippen LogP contribution in [-0.2, 0) is 10.0 Å². The Bertz CT molecular complexity index is 534. The van der Waals surface area contributed by atoms with Gasteiger partial charge in [-0.1, -0.05) is 17.7 Å². The molecule has 1 heterocycles. The number of rotatable bonds is 4. The van der Waals surface area contributed by atoms with Gasteiger partial charge in [-0.05, 0) is 57.3 Å². The SMILES string of the molecule is Cc1ccc(S(=O)(=O)NC[C@H]2CCCNC2)c(C)c1. The second-order valence-electron chi connectivity index (χ2n) is 5.33. The van der Waals surface area contributed by atoms with Crippen molar-refractivity contribution in [1.29, 1.82) is 0 Å². The third-order valence-electron chi connectivity index (χ3n) is 3.58. The number of piperidine rings is 1. The predicted octanol–water partition coefficient (Wildman–Crippen LogP) is 1.58. The number of benzene rings is 1. The van der Waals surface area contributed by atoms with Crippen molar-refractivity contribution in [2.45, 2.75) is 31.6 Å². The van der Waals surface area contributed by atoms with E-state index >= 15 is 0 Å². The van der Waals surface area contributed by atoms with Crippen LogP contribution in [0.1, 0.15) is 24.0 Å². The lowest BCUT2D eigenvalue weighted by Gasteiger charge is -2.23. The highest BCUT2D eigenvalue weighted by molar-refractivity contribution is 7.89. The lowest BCUT2D eigenvalue weighted by molar-refractivity contribution is 0.376. The first-order valence-electron chi connectivity index (χ1n) is 6.77. The van der Waals surface area contributed by atoms with Crippen molar-refractivity contribution in [1.82, 2.24) is 10.0 Å². The van der Waals surface area contributed by atoms with Gasteiger partial charge < -0.3 is 5.32 Å². The molecule has 0 aliphatic carbocycles. The first-order valence-corrected chi connectivity index (χ1v) is 8.25. The van der Waals surface area contributed by atoms with E-state index in [0.29, 0.717) is 17.4 Å². The first-order chi connectivity index (χ1) is 8.99. The van der Waals surface area contributed by atoms with Crippen LogP contribution in [0, 0.1) is 19.8 Å². The molecular formula is C14H22N2O2S. The summed E-state index contributed by atoms with van der Waals surface area (Å²) < 4.78 is 27.3. The van der Waals surface area contributed by atoms with Gasteiger partial charge in [0.05, 0.1) is 4.90 Å². The quantitative estimate of drug-likeness (QED) is 0.881. The molecule has 2 rings (SSSR count). The van der Waals surface area contributed by atoms with E-state index in [-0.39, 0.29) is 0 Å². The molecule has 1 atom stereocenters. The molecule has 0 bridgehead atoms. The molecule has 4 nitrogen and oxygen atoms in total. The predicted molar refractivity (Wildman–Crippen MR) is 76.7 cm³/mol. The highest BCUT2D eigenvalue weighted by atomic mass is 32.2. The lowest BCUT2D eigenvalue weighted by atomic mass is 10.0. The standard InChI is InChI=1S/C14H22N2O2S/c1-11-5-6-14(12(2)8-11)19(17,18)16-10-13-4-3-7-15-9-13/h5-6,8,13,15-16H,3-4,7,9-10H2,1-2H3/t13-/m0/s1. The number of hydrogen-bond donors (Lipinski definition) is 2. The zero-order valence-electron chi connectivity index (χ0n) is 11.6. The molecule has 1 saturated heterocycles. The smallest absolute Gasteiger partial charge is 0.240 e. The molecule has 1 aromatic rings. The summed E-state index contributed by atoms with van der Waals surface area (Å²) in [5.74, 6) is 0.397. The number of nitrogens with one attached hydrogen (secondary N) is 2. The maximum atomic E-state index is 12.3. The molecule has 5 heteroatoms. The maximum Gasteiger partial charge on any atom is 0.240 e. The van der Waals surface area contributed by atoms with Gasteiger partial charge in [-0.25, -0.2) is 13.1 Å². The second-order valence-corrected chi connectivity index (χ2v) is 7.07. The van der Waals surface area contributed by atoms with Crippen LogP contribution in [0.5, 0.6) is 0 Å². The van der Waals surface area contributed by atoms with Crippen LogP contribution in [-0.4, -0.2) is 28.1 Å². The summed E-state index contributed by atoms with van der Waals surface area (Å²) in [7, 11) is -3.38. The molecule has 1 fully saturated rings. The number of sulfonamides is 1. The summed E-state index contributed by atoms with van der Waals surface area (Å²) in [6.45, 7) is 6.26. The van der Waals surface area contributed by atoms with Gasteiger partial charge in [0.25, 0.3) is 0 Å². The van der Waals surface area contributed by atoms with Gasteiger partial charge in [0.1, 0.15) is 0 Å². The molecule has 2 N–H and O–H groups in total. The van der Waals surface area contributed by atoms with Crippen molar-refractivity contribution in [3.8, 4) is 0 Å². The van der Waals surface area contributed by atoms with Crippen molar-refractivity contribution in [3.05, 3.63) is 29.3 Å². The third kappa shape index (κ3) is 3.78. The lowest BCUT2D eigenvalue weighted by Crippen LogP contribution is -2.38. The van der Waals surface area contributed by atoms with Crippen molar-refractivity contribution in [2.24, 2.45) is 5.92 Å². The summed E-state index contributed by atoms with van der Waals surface area (Å²) in [4.78, 5) is 0.391. The van der Waals surface area contributed by atoms with Gasteiger partial charge in [-0.3, -0.25) is 0 Å². The monoisotopic (exact) mass is 282 g/mol. The molecular weight excluding hydrogens is 260 g/mol. The molecule has 0 amide bonds. The van der Waals surface area contributed by atoms with E-state index in [0.717, 1.165) is 37.1 Å². The fourth-order valence-electron chi connectivity index (χ4n) is 2.50. The number of aryl methyl sites for hydroxylation is 2. The average molecular weight is 282 g/mol. The highest BCUT2D eigenvalue weighted by Gasteiger charge is 2.19. The van der Waals surface area contributed by atoms with Crippen molar-refractivity contribution in [2.75, 3.05) is 19.6 Å². The van der Waals surface area contributed by atoms with E-state index in [1.165, 1.54) is 0 Å². The molecule has 1 aliphatic rings. The van der Waals surface area contributed by atoms with Crippen LogP contribution >= 0.6 is 0 Å². The van der Waals surface area contributed by atoms with Crippen LogP contribution in [0.25, 0.3) is 0 Å². The van der Waals surface area contributed by atoms with E-state index in [1.807, 2.05) is 26.0 Å². The van der Waals surface area contributed by atoms with Gasteiger partial charge in [0, 0.05) is 6.54 Å². The molecule has 1 aliphatic heterocycles. The molecule has 106 valence electrons. The Kier molecular flexibility index (Phi) is 4.60. The van der Waals surface area contributed by atoms with E-state index in [9.17, 15) is 8.42 Å². The van der Waals surface area contributed by atoms with E-state index in [2.05, 4.69) is 10.0 Å². The largest absolute Gasteiger partial charge is 0.316 e. The fraction of sp³-hybridized carbons (Fsp3) is 0.571. The summed E-state index contributed by atoms with van der Waals surface area (Å²) in [6, 6.07) is 5.42. The third-order valence-corrected chi connectivity index (χ3v) is 5.16. The molecule has 19 heavy (non-hydrogen) atoms. The average Bonchev–Trinajstić information content (AvgIpc) is 2.37. The molecule has 0 unspecified atom stereocenters. The minimum absolute atomic E-state index is 0.391. The van der Waals surface area contributed by atoms with Crippen molar-refractivity contribution in [3.63, 3.8) is 0 Å². The van der Waals surface area contributed by atoms with Crippen molar-refractivity contribution >= 4 is 10.0 Å². The molecule has 0 saturated carbocycles. The summed E-state index contributed by atoms with van der Waals surface area (Å²) in [6.07, 6.45) is 2.21. The zero-order valence-corrected chi connectivity index (χ0v) is 12.4. The topological polar surface area (TPSA) is 58.2 Å². The molecule has 1 aromatic carbocycles. The molecule has 0 aromatic heterocycles. The minimum Gasteiger partial charge on any atom is -0.316 e. The van der Waals surface area contributed by atoms with E-state index < -0.39 is 10.0 Å². The van der Waals surface area contributed by atoms with E-state index in [1.54, 1.807) is 6.07 Å². The maximum absolute atomic E-state index is 12.3. The van der Waals surface area contributed by atoms with Gasteiger partial charge >= 0.3 is 0 Å². The Morgan fingerprint density at radius 2 is 2.16 bits per heavy atom. The van der Waals surface area contributed by atoms with Gasteiger partial charge in [0.15, 0.2) is 0 Å². The molecule has 0 spiro atoms. The Balaban J connectivity index is 2.05. The number of hydrogen-bond acceptors (Lipinski definition) is 3. The summed E-state index contributed by atoms with van der Waals surface area (Å²) >= 11 is 0. The Labute approximate surface area is 115 Å². The first kappa shape index (κ1) is 14.5. The van der Waals surface area contributed by atoms with Crippen LogP contribution in [0.2, 0.25) is 0 Å². The van der Waals surface area contributed by atoms with E-state index in [4.69, 9.17) is 0 Å².